The van der Waals surface area contributed by atoms with Crippen LogP contribution in [0, 0.1) is 17.2 Å². The van der Waals surface area contributed by atoms with Crippen LogP contribution >= 0.6 is 0 Å². The molecular formula is C21H25N5O3. The van der Waals surface area contributed by atoms with Gasteiger partial charge in [0.2, 0.25) is 17.7 Å². The van der Waals surface area contributed by atoms with Crippen LogP contribution in [0.2, 0.25) is 0 Å². The number of rotatable bonds is 5. The van der Waals surface area contributed by atoms with Crippen LogP contribution in [-0.4, -0.2) is 65.3 Å². The van der Waals surface area contributed by atoms with Crippen molar-refractivity contribution in [3.05, 3.63) is 29.8 Å². The van der Waals surface area contributed by atoms with Gasteiger partial charge < -0.3 is 15.5 Å². The Bertz CT molecular complexity index is 877. The molecular weight excluding hydrogens is 370 g/mol. The molecule has 3 aliphatic heterocycles. The Morgan fingerprint density at radius 2 is 2.03 bits per heavy atom. The molecule has 152 valence electrons. The number of hydrogen-bond donors (Lipinski definition) is 1. The van der Waals surface area contributed by atoms with E-state index in [4.69, 9.17) is 5.73 Å². The number of amides is 3. The fourth-order valence-electron chi connectivity index (χ4n) is 4.87. The molecule has 0 radical (unpaired) electrons. The lowest BCUT2D eigenvalue weighted by Crippen LogP contribution is -2.52. The number of piperazine rings is 1. The van der Waals surface area contributed by atoms with E-state index in [1.54, 1.807) is 34.1 Å². The third kappa shape index (κ3) is 3.36. The summed E-state index contributed by atoms with van der Waals surface area (Å²) in [5, 5.41) is 9.23. The lowest BCUT2D eigenvalue weighted by atomic mass is 10.1. The Morgan fingerprint density at radius 3 is 2.66 bits per heavy atom. The fraction of sp³-hybridized carbons (Fsp3) is 0.524. The van der Waals surface area contributed by atoms with Crippen molar-refractivity contribution in [1.82, 2.24) is 9.80 Å². The summed E-state index contributed by atoms with van der Waals surface area (Å²) in [6, 6.07) is 8.51. The molecule has 0 aromatic heterocycles. The molecule has 1 aromatic rings. The maximum atomic E-state index is 13.0. The summed E-state index contributed by atoms with van der Waals surface area (Å²) in [5.41, 5.74) is 6.46. The number of nitriles is 1. The molecule has 2 bridgehead atoms. The van der Waals surface area contributed by atoms with Gasteiger partial charge in [-0.3, -0.25) is 19.3 Å². The number of nitrogens with zero attached hydrogens (tertiary/aromatic N) is 4. The molecule has 4 rings (SSSR count). The van der Waals surface area contributed by atoms with Gasteiger partial charge in [-0.15, -0.1) is 0 Å². The zero-order valence-corrected chi connectivity index (χ0v) is 16.5. The van der Waals surface area contributed by atoms with Crippen LogP contribution < -0.4 is 10.6 Å². The maximum Gasteiger partial charge on any atom is 0.248 e. The lowest BCUT2D eigenvalue weighted by Gasteiger charge is -2.35. The van der Waals surface area contributed by atoms with Gasteiger partial charge in [-0.1, -0.05) is 6.92 Å². The molecule has 2 N–H and O–H groups in total. The third-order valence-electron chi connectivity index (χ3n) is 6.31. The lowest BCUT2D eigenvalue weighted by molar-refractivity contribution is -0.136. The number of carbonyl (C=O) groups excluding carboxylic acids is 3. The van der Waals surface area contributed by atoms with E-state index < -0.39 is 5.91 Å². The Hall–Kier alpha value is -2.92. The van der Waals surface area contributed by atoms with Gasteiger partial charge in [0.05, 0.1) is 18.2 Å². The Labute approximate surface area is 169 Å². The molecule has 8 heteroatoms. The number of primary amides is 1. The average Bonchev–Trinajstić information content (AvgIpc) is 3.41. The van der Waals surface area contributed by atoms with E-state index in [1.807, 2.05) is 6.92 Å². The van der Waals surface area contributed by atoms with Crippen LogP contribution in [0.15, 0.2) is 24.3 Å². The van der Waals surface area contributed by atoms with Crippen LogP contribution in [0.3, 0.4) is 0 Å². The molecule has 3 heterocycles. The van der Waals surface area contributed by atoms with Crippen molar-refractivity contribution in [1.29, 1.82) is 5.26 Å². The molecule has 0 aliphatic carbocycles. The summed E-state index contributed by atoms with van der Waals surface area (Å²) in [7, 11) is 0. The highest BCUT2D eigenvalue weighted by molar-refractivity contribution is 6.02. The van der Waals surface area contributed by atoms with Crippen LogP contribution in [-0.2, 0) is 9.59 Å². The summed E-state index contributed by atoms with van der Waals surface area (Å²) < 4.78 is 0. The molecule has 3 aliphatic rings. The Balaban J connectivity index is 1.40. The number of anilines is 1. The standard InChI is InChI=1S/C21H25N5O3/c1-13(20(28)25-8-2-3-16(25)10-22)11-24-12-17-9-18(24)21(29)26(17)15-6-4-14(5-7-15)19(23)27/h4-7,13,16-18H,2-3,8-9,11-12H2,1H3,(H2,23,27)/t13-,16-,17-,18-/m0/s1. The third-order valence-corrected chi connectivity index (χ3v) is 6.31. The number of hydrogen-bond acceptors (Lipinski definition) is 5. The Morgan fingerprint density at radius 1 is 1.31 bits per heavy atom. The predicted octanol–water partition coefficient (Wildman–Crippen LogP) is 0.726. The van der Waals surface area contributed by atoms with Crippen LogP contribution in [0.4, 0.5) is 5.69 Å². The number of likely N-dealkylation sites (tertiary alicyclic amines) is 2. The first-order valence-corrected chi connectivity index (χ1v) is 10.1. The van der Waals surface area contributed by atoms with Crippen LogP contribution in [0.25, 0.3) is 0 Å². The number of fused-ring (bicyclic) bond motifs is 2. The van der Waals surface area contributed by atoms with Crippen molar-refractivity contribution in [2.45, 2.75) is 44.3 Å². The van der Waals surface area contributed by atoms with E-state index in [2.05, 4.69) is 11.0 Å². The molecule has 8 nitrogen and oxygen atoms in total. The topological polar surface area (TPSA) is 111 Å². The van der Waals surface area contributed by atoms with Crippen molar-refractivity contribution in [2.75, 3.05) is 24.5 Å². The first-order chi connectivity index (χ1) is 13.9. The minimum Gasteiger partial charge on any atom is -0.366 e. The minimum absolute atomic E-state index is 0.00293. The van der Waals surface area contributed by atoms with Gasteiger partial charge in [-0.05, 0) is 43.5 Å². The van der Waals surface area contributed by atoms with Crippen molar-refractivity contribution in [3.63, 3.8) is 0 Å². The van der Waals surface area contributed by atoms with Gasteiger partial charge in [-0.25, -0.2) is 0 Å². The summed E-state index contributed by atoms with van der Waals surface area (Å²) >= 11 is 0. The highest BCUT2D eigenvalue weighted by atomic mass is 16.2. The largest absolute Gasteiger partial charge is 0.366 e. The van der Waals surface area contributed by atoms with Crippen molar-refractivity contribution < 1.29 is 14.4 Å². The van der Waals surface area contributed by atoms with E-state index in [0.29, 0.717) is 25.2 Å². The van der Waals surface area contributed by atoms with E-state index in [-0.39, 0.29) is 35.9 Å². The van der Waals surface area contributed by atoms with E-state index in [1.165, 1.54) is 0 Å². The van der Waals surface area contributed by atoms with Gasteiger partial charge in [0, 0.05) is 36.8 Å². The number of carbonyl (C=O) groups is 3. The molecule has 1 aromatic carbocycles. The van der Waals surface area contributed by atoms with E-state index in [0.717, 1.165) is 24.9 Å². The van der Waals surface area contributed by atoms with E-state index in [9.17, 15) is 19.6 Å². The van der Waals surface area contributed by atoms with E-state index >= 15 is 0 Å². The van der Waals surface area contributed by atoms with Crippen molar-refractivity contribution in [2.24, 2.45) is 11.7 Å². The smallest absolute Gasteiger partial charge is 0.248 e. The van der Waals surface area contributed by atoms with Crippen LogP contribution in [0.1, 0.15) is 36.5 Å². The highest BCUT2D eigenvalue weighted by Gasteiger charge is 2.50. The molecule has 3 saturated heterocycles. The molecule has 0 spiro atoms. The molecule has 3 amide bonds. The molecule has 3 fully saturated rings. The SMILES string of the molecule is C[C@@H](CN1C[C@@H]2C[C@H]1C(=O)N2c1ccc(C(N)=O)cc1)C(=O)N1CCC[C@H]1C#N. The second-order valence-electron chi connectivity index (χ2n) is 8.20. The summed E-state index contributed by atoms with van der Waals surface area (Å²) in [4.78, 5) is 42.6. The number of benzene rings is 1. The monoisotopic (exact) mass is 395 g/mol. The molecule has 4 atom stereocenters. The second kappa shape index (κ2) is 7.48. The Kier molecular flexibility index (Phi) is 5.01. The van der Waals surface area contributed by atoms with Gasteiger partial charge in [0.1, 0.15) is 6.04 Å². The maximum absolute atomic E-state index is 13.0. The molecule has 29 heavy (non-hydrogen) atoms. The minimum atomic E-state index is -0.493. The predicted molar refractivity (Wildman–Crippen MR) is 106 cm³/mol. The quantitative estimate of drug-likeness (QED) is 0.790. The molecule has 0 unspecified atom stereocenters. The summed E-state index contributed by atoms with van der Waals surface area (Å²) in [6.07, 6.45) is 2.35. The van der Waals surface area contributed by atoms with Gasteiger partial charge in [0.15, 0.2) is 0 Å². The molecule has 0 saturated carbocycles. The zero-order valence-electron chi connectivity index (χ0n) is 16.5. The van der Waals surface area contributed by atoms with Crippen molar-refractivity contribution >= 4 is 23.4 Å². The average molecular weight is 395 g/mol. The van der Waals surface area contributed by atoms with Crippen molar-refractivity contribution in [3.8, 4) is 6.07 Å². The fourth-order valence-corrected chi connectivity index (χ4v) is 4.87. The summed E-state index contributed by atoms with van der Waals surface area (Å²) in [6.45, 7) is 3.76. The second-order valence-corrected chi connectivity index (χ2v) is 8.20. The van der Waals surface area contributed by atoms with Gasteiger partial charge >= 0.3 is 0 Å². The first-order valence-electron chi connectivity index (χ1n) is 10.1. The van der Waals surface area contributed by atoms with Crippen LogP contribution in [0.5, 0.6) is 0 Å². The number of nitrogens with two attached hydrogens (primary N) is 1. The highest BCUT2D eigenvalue weighted by Crippen LogP contribution is 2.36. The normalized spacial score (nSPS) is 27.3. The van der Waals surface area contributed by atoms with Gasteiger partial charge in [0.25, 0.3) is 0 Å². The first kappa shape index (κ1) is 19.4. The summed E-state index contributed by atoms with van der Waals surface area (Å²) in [5.74, 6) is -0.710. The zero-order chi connectivity index (χ0) is 20.7. The van der Waals surface area contributed by atoms with Gasteiger partial charge in [-0.2, -0.15) is 5.26 Å².